The van der Waals surface area contributed by atoms with Crippen molar-refractivity contribution in [2.75, 3.05) is 4.90 Å². The highest BCUT2D eigenvalue weighted by Crippen LogP contribution is 2.44. The van der Waals surface area contributed by atoms with Gasteiger partial charge < -0.3 is 18.2 Å². The molecule has 0 aliphatic carbocycles. The number of nitrogens with zero attached hydrogens (tertiary/aromatic N) is 1. The molecule has 0 spiro atoms. The van der Waals surface area contributed by atoms with Crippen LogP contribution in [0.5, 0.6) is 0 Å². The Morgan fingerprint density at radius 1 is 0.276 bits per heavy atom. The van der Waals surface area contributed by atoms with Crippen LogP contribution in [0.4, 0.5) is 17.1 Å². The maximum absolute atomic E-state index is 6.61. The van der Waals surface area contributed by atoms with Gasteiger partial charge in [0.05, 0.1) is 5.69 Å². The smallest absolute Gasteiger partial charge is 0.159 e. The van der Waals surface area contributed by atoms with E-state index in [9.17, 15) is 0 Å². The van der Waals surface area contributed by atoms with Crippen molar-refractivity contribution in [2.45, 2.75) is 0 Å². The molecular formula is C54H33NO3. The monoisotopic (exact) mass is 743 g/mol. The second kappa shape index (κ2) is 12.9. The molecule has 0 amide bonds. The lowest BCUT2D eigenvalue weighted by Gasteiger charge is -2.26. The van der Waals surface area contributed by atoms with Gasteiger partial charge in [0.1, 0.15) is 27.9 Å². The van der Waals surface area contributed by atoms with Crippen LogP contribution in [0.15, 0.2) is 213 Å². The molecule has 0 atom stereocenters. The Labute approximate surface area is 333 Å². The Hall–Kier alpha value is -7.82. The maximum atomic E-state index is 6.61. The number of hydrogen-bond donors (Lipinski definition) is 0. The van der Waals surface area contributed by atoms with Crippen LogP contribution >= 0.6 is 0 Å². The summed E-state index contributed by atoms with van der Waals surface area (Å²) in [6, 6.07) is 70.3. The van der Waals surface area contributed by atoms with Crippen LogP contribution in [0.3, 0.4) is 0 Å². The van der Waals surface area contributed by atoms with Crippen molar-refractivity contribution in [3.63, 3.8) is 0 Å². The molecule has 12 aromatic rings. The van der Waals surface area contributed by atoms with Gasteiger partial charge >= 0.3 is 0 Å². The molecule has 0 fully saturated rings. The van der Waals surface area contributed by atoms with E-state index in [1.807, 2.05) is 30.3 Å². The van der Waals surface area contributed by atoms with E-state index in [0.717, 1.165) is 116 Å². The predicted octanol–water partition coefficient (Wildman–Crippen LogP) is 15.9. The van der Waals surface area contributed by atoms with Crippen molar-refractivity contribution in [1.82, 2.24) is 0 Å². The summed E-state index contributed by atoms with van der Waals surface area (Å²) in [5.41, 5.74) is 15.1. The molecule has 4 heteroatoms. The largest absolute Gasteiger partial charge is 0.456 e. The highest BCUT2D eigenvalue weighted by molar-refractivity contribution is 6.12. The van der Waals surface area contributed by atoms with Gasteiger partial charge in [-0.3, -0.25) is 0 Å². The lowest BCUT2D eigenvalue weighted by atomic mass is 10.00. The second-order valence-corrected chi connectivity index (χ2v) is 14.9. The quantitative estimate of drug-likeness (QED) is 0.170. The average molecular weight is 744 g/mol. The summed E-state index contributed by atoms with van der Waals surface area (Å²) >= 11 is 0. The van der Waals surface area contributed by atoms with E-state index < -0.39 is 0 Å². The molecule has 272 valence electrons. The molecule has 3 heterocycles. The molecule has 0 aliphatic rings. The summed E-state index contributed by atoms with van der Waals surface area (Å²) in [5.74, 6) is 0. The van der Waals surface area contributed by atoms with Crippen molar-refractivity contribution >= 4 is 82.9 Å². The van der Waals surface area contributed by atoms with Crippen LogP contribution in [0, 0.1) is 0 Å². The van der Waals surface area contributed by atoms with E-state index in [1.54, 1.807) is 0 Å². The van der Waals surface area contributed by atoms with Crippen LogP contribution in [0.1, 0.15) is 0 Å². The zero-order valence-corrected chi connectivity index (χ0v) is 31.2. The van der Waals surface area contributed by atoms with Crippen LogP contribution in [-0.4, -0.2) is 0 Å². The molecule has 9 aromatic carbocycles. The lowest BCUT2D eigenvalue weighted by molar-refractivity contribution is 0.668. The maximum Gasteiger partial charge on any atom is 0.159 e. The predicted molar refractivity (Wildman–Crippen MR) is 239 cm³/mol. The molecule has 0 saturated carbocycles. The van der Waals surface area contributed by atoms with Gasteiger partial charge in [0.25, 0.3) is 0 Å². The third kappa shape index (κ3) is 5.16. The first kappa shape index (κ1) is 32.4. The minimum absolute atomic E-state index is 0.848. The first-order valence-corrected chi connectivity index (χ1v) is 19.6. The molecule has 4 nitrogen and oxygen atoms in total. The normalized spacial score (nSPS) is 11.8. The summed E-state index contributed by atoms with van der Waals surface area (Å²) in [7, 11) is 0. The molecule has 12 rings (SSSR count). The summed E-state index contributed by atoms with van der Waals surface area (Å²) in [6.07, 6.45) is 0. The van der Waals surface area contributed by atoms with Gasteiger partial charge in [0.15, 0.2) is 5.58 Å². The molecule has 58 heavy (non-hydrogen) atoms. The van der Waals surface area contributed by atoms with Crippen molar-refractivity contribution in [3.8, 4) is 33.4 Å². The second-order valence-electron chi connectivity index (χ2n) is 14.9. The summed E-state index contributed by atoms with van der Waals surface area (Å²) in [4.78, 5) is 2.29. The third-order valence-corrected chi connectivity index (χ3v) is 11.5. The van der Waals surface area contributed by atoms with Crippen molar-refractivity contribution < 1.29 is 13.3 Å². The summed E-state index contributed by atoms with van der Waals surface area (Å²) in [6.45, 7) is 0. The number of anilines is 3. The van der Waals surface area contributed by atoms with Crippen LogP contribution < -0.4 is 4.90 Å². The Morgan fingerprint density at radius 2 is 0.741 bits per heavy atom. The van der Waals surface area contributed by atoms with E-state index in [1.165, 1.54) is 0 Å². The standard InChI is InChI=1S/C54H33NO3/c1-2-10-36(11-3-1)41-14-8-15-45-47-33-38(25-31-52(47)57-53(41)45)35-22-28-40(29-23-35)55(48-17-9-16-44-42-12-4-7-19-50(42)58-54(44)48)39-26-20-34(21-27-39)37-24-30-51-46(32-37)43-13-5-6-18-49(43)56-51/h1-33H. The fraction of sp³-hybridized carbons (Fsp3) is 0. The fourth-order valence-electron chi connectivity index (χ4n) is 8.67. The van der Waals surface area contributed by atoms with Gasteiger partial charge in [0.2, 0.25) is 0 Å². The van der Waals surface area contributed by atoms with Crippen LogP contribution in [0.25, 0.3) is 99.2 Å². The first-order valence-electron chi connectivity index (χ1n) is 19.6. The Kier molecular flexibility index (Phi) is 7.20. The molecule has 0 N–H and O–H groups in total. The molecular weight excluding hydrogens is 711 g/mol. The minimum Gasteiger partial charge on any atom is -0.456 e. The third-order valence-electron chi connectivity index (χ3n) is 11.5. The molecule has 0 unspecified atom stereocenters. The number of furan rings is 3. The van der Waals surface area contributed by atoms with Crippen LogP contribution in [0.2, 0.25) is 0 Å². The van der Waals surface area contributed by atoms with Crippen molar-refractivity contribution in [1.29, 1.82) is 0 Å². The number of rotatable bonds is 6. The molecule has 0 saturated heterocycles. The number of hydrogen-bond acceptors (Lipinski definition) is 4. The number of fused-ring (bicyclic) bond motifs is 9. The molecule has 0 aliphatic heterocycles. The average Bonchev–Trinajstić information content (AvgIpc) is 3.98. The minimum atomic E-state index is 0.848. The van der Waals surface area contributed by atoms with E-state index in [4.69, 9.17) is 13.3 Å². The summed E-state index contributed by atoms with van der Waals surface area (Å²) < 4.78 is 19.2. The van der Waals surface area contributed by atoms with E-state index >= 15 is 0 Å². The molecule has 3 aromatic heterocycles. The molecule has 0 radical (unpaired) electrons. The topological polar surface area (TPSA) is 42.7 Å². The Morgan fingerprint density at radius 3 is 1.41 bits per heavy atom. The Balaban J connectivity index is 0.953. The first-order chi connectivity index (χ1) is 28.7. The van der Waals surface area contributed by atoms with Gasteiger partial charge in [-0.1, -0.05) is 133 Å². The van der Waals surface area contributed by atoms with Crippen molar-refractivity contribution in [3.05, 3.63) is 200 Å². The van der Waals surface area contributed by atoms with Gasteiger partial charge in [-0.2, -0.15) is 0 Å². The van der Waals surface area contributed by atoms with Crippen molar-refractivity contribution in [2.24, 2.45) is 0 Å². The fourth-order valence-corrected chi connectivity index (χ4v) is 8.67. The van der Waals surface area contributed by atoms with E-state index in [-0.39, 0.29) is 0 Å². The zero-order chi connectivity index (χ0) is 38.2. The van der Waals surface area contributed by atoms with Crippen LogP contribution in [-0.2, 0) is 0 Å². The zero-order valence-electron chi connectivity index (χ0n) is 31.2. The van der Waals surface area contributed by atoms with E-state index in [0.29, 0.717) is 0 Å². The number of benzene rings is 9. The highest BCUT2D eigenvalue weighted by atomic mass is 16.3. The lowest BCUT2D eigenvalue weighted by Crippen LogP contribution is -2.10. The van der Waals surface area contributed by atoms with Gasteiger partial charge in [-0.05, 0) is 94.5 Å². The molecule has 0 bridgehead atoms. The van der Waals surface area contributed by atoms with Gasteiger partial charge in [-0.25, -0.2) is 0 Å². The van der Waals surface area contributed by atoms with E-state index in [2.05, 4.69) is 175 Å². The number of para-hydroxylation sites is 4. The summed E-state index contributed by atoms with van der Waals surface area (Å²) in [5, 5.41) is 6.65. The highest BCUT2D eigenvalue weighted by Gasteiger charge is 2.20. The van der Waals surface area contributed by atoms with Gasteiger partial charge in [-0.15, -0.1) is 0 Å². The SMILES string of the molecule is c1ccc(-c2cccc3c2oc2ccc(-c4ccc(N(c5ccc(-c6ccc7oc8ccccc8c7c6)cc5)c5cccc6c5oc5ccccc56)cc4)cc23)cc1. The van der Waals surface area contributed by atoms with Gasteiger partial charge in [0, 0.05) is 49.3 Å². The Bertz CT molecular complexity index is 3500.